The highest BCUT2D eigenvalue weighted by Gasteiger charge is 2.14. The Balaban J connectivity index is 3.23. The van der Waals surface area contributed by atoms with Crippen LogP contribution < -0.4 is 5.73 Å². The van der Waals surface area contributed by atoms with E-state index in [-0.39, 0.29) is 12.0 Å². The first kappa shape index (κ1) is 10.1. The predicted octanol–water partition coefficient (Wildman–Crippen LogP) is 1.12. The molecule has 2 N–H and O–H groups in total. The van der Waals surface area contributed by atoms with Crippen molar-refractivity contribution in [3.05, 3.63) is 29.3 Å². The van der Waals surface area contributed by atoms with E-state index >= 15 is 0 Å². The summed E-state index contributed by atoms with van der Waals surface area (Å²) in [5, 5.41) is 8.55. The lowest BCUT2D eigenvalue weighted by Crippen LogP contribution is -2.09. The van der Waals surface area contributed by atoms with Crippen LogP contribution in [0.4, 0.5) is 5.69 Å². The Morgan fingerprint density at radius 2 is 2.36 bits per heavy atom. The van der Waals surface area contributed by atoms with E-state index in [0.29, 0.717) is 11.3 Å². The molecule has 1 aromatic rings. The largest absolute Gasteiger partial charge is 0.465 e. The molecule has 1 rings (SSSR count). The van der Waals surface area contributed by atoms with Crippen molar-refractivity contribution in [2.75, 3.05) is 12.8 Å². The fraction of sp³-hybridized carbons (Fsp3) is 0.200. The molecule has 14 heavy (non-hydrogen) atoms. The molecule has 0 radical (unpaired) electrons. The van der Waals surface area contributed by atoms with Gasteiger partial charge in [-0.05, 0) is 11.6 Å². The maximum atomic E-state index is 11.3. The molecular formula is C10H10N2O2. The Labute approximate surface area is 81.9 Å². The van der Waals surface area contributed by atoms with Crippen molar-refractivity contribution < 1.29 is 9.53 Å². The zero-order valence-electron chi connectivity index (χ0n) is 7.78. The third kappa shape index (κ3) is 1.83. The van der Waals surface area contributed by atoms with Crippen molar-refractivity contribution >= 4 is 11.7 Å². The Bertz CT molecular complexity index is 394. The molecule has 0 aromatic heterocycles. The minimum atomic E-state index is -0.506. The van der Waals surface area contributed by atoms with E-state index in [9.17, 15) is 4.79 Å². The van der Waals surface area contributed by atoms with Crippen LogP contribution in [0.25, 0.3) is 0 Å². The van der Waals surface area contributed by atoms with E-state index in [2.05, 4.69) is 4.74 Å². The normalized spacial score (nSPS) is 9.14. The van der Waals surface area contributed by atoms with Gasteiger partial charge in [0.2, 0.25) is 0 Å². The lowest BCUT2D eigenvalue weighted by Gasteiger charge is -2.07. The molecule has 4 nitrogen and oxygen atoms in total. The number of carbonyl (C=O) groups is 1. The van der Waals surface area contributed by atoms with E-state index < -0.39 is 5.97 Å². The van der Waals surface area contributed by atoms with Crippen molar-refractivity contribution in [3.63, 3.8) is 0 Å². The van der Waals surface area contributed by atoms with Crippen molar-refractivity contribution in [2.45, 2.75) is 6.42 Å². The monoisotopic (exact) mass is 190 g/mol. The summed E-state index contributed by atoms with van der Waals surface area (Å²) in [7, 11) is 1.28. The fourth-order valence-electron chi connectivity index (χ4n) is 1.20. The number of nitrogen functional groups attached to an aromatic ring is 1. The maximum Gasteiger partial charge on any atom is 0.340 e. The first-order chi connectivity index (χ1) is 6.70. The topological polar surface area (TPSA) is 76.1 Å². The molecule has 0 unspecified atom stereocenters. The number of ether oxygens (including phenoxy) is 1. The SMILES string of the molecule is COC(=O)c1c(N)cccc1CC#N. The lowest BCUT2D eigenvalue weighted by atomic mass is 10.0. The number of hydrogen-bond acceptors (Lipinski definition) is 4. The number of rotatable bonds is 2. The molecule has 0 fully saturated rings. The number of hydrogen-bond donors (Lipinski definition) is 1. The Morgan fingerprint density at radius 1 is 1.64 bits per heavy atom. The van der Waals surface area contributed by atoms with Crippen molar-refractivity contribution in [3.8, 4) is 6.07 Å². The zero-order chi connectivity index (χ0) is 10.6. The quantitative estimate of drug-likeness (QED) is 0.560. The Morgan fingerprint density at radius 3 is 2.93 bits per heavy atom. The van der Waals surface area contributed by atoms with Gasteiger partial charge in [-0.1, -0.05) is 12.1 Å². The molecule has 0 amide bonds. The molecule has 0 atom stereocenters. The summed E-state index contributed by atoms with van der Waals surface area (Å²) in [4.78, 5) is 11.3. The van der Waals surface area contributed by atoms with Crippen LogP contribution in [-0.4, -0.2) is 13.1 Å². The van der Waals surface area contributed by atoms with Gasteiger partial charge in [-0.3, -0.25) is 0 Å². The number of methoxy groups -OCH3 is 1. The Hall–Kier alpha value is -2.02. The second-order valence-electron chi connectivity index (χ2n) is 2.71. The van der Waals surface area contributed by atoms with Gasteiger partial charge >= 0.3 is 5.97 Å². The average molecular weight is 190 g/mol. The number of anilines is 1. The zero-order valence-corrected chi connectivity index (χ0v) is 7.78. The summed E-state index contributed by atoms with van der Waals surface area (Å²) < 4.78 is 4.58. The third-order valence-electron chi connectivity index (χ3n) is 1.84. The van der Waals surface area contributed by atoms with Gasteiger partial charge in [0.25, 0.3) is 0 Å². The van der Waals surface area contributed by atoms with Crippen LogP contribution in [0, 0.1) is 11.3 Å². The molecule has 0 saturated heterocycles. The van der Waals surface area contributed by atoms with Crippen LogP contribution in [0.15, 0.2) is 18.2 Å². The second-order valence-corrected chi connectivity index (χ2v) is 2.71. The second kappa shape index (κ2) is 4.28. The smallest absolute Gasteiger partial charge is 0.340 e. The van der Waals surface area contributed by atoms with E-state index in [1.54, 1.807) is 18.2 Å². The molecule has 4 heteroatoms. The van der Waals surface area contributed by atoms with Gasteiger partial charge in [0.05, 0.1) is 25.2 Å². The molecular weight excluding hydrogens is 180 g/mol. The van der Waals surface area contributed by atoms with Gasteiger partial charge in [-0.15, -0.1) is 0 Å². The number of benzene rings is 1. The molecule has 1 aromatic carbocycles. The molecule has 0 aliphatic heterocycles. The molecule has 0 spiro atoms. The van der Waals surface area contributed by atoms with E-state index in [1.165, 1.54) is 7.11 Å². The van der Waals surface area contributed by atoms with Gasteiger partial charge in [-0.2, -0.15) is 5.26 Å². The van der Waals surface area contributed by atoms with E-state index in [4.69, 9.17) is 11.0 Å². The minimum absolute atomic E-state index is 0.148. The minimum Gasteiger partial charge on any atom is -0.465 e. The molecule has 0 aliphatic carbocycles. The molecule has 0 aliphatic rings. The van der Waals surface area contributed by atoms with Crippen LogP contribution in [-0.2, 0) is 11.2 Å². The van der Waals surface area contributed by atoms with E-state index in [0.717, 1.165) is 0 Å². The van der Waals surface area contributed by atoms with Gasteiger partial charge in [0.1, 0.15) is 0 Å². The summed E-state index contributed by atoms with van der Waals surface area (Å²) in [6, 6.07) is 6.96. The summed E-state index contributed by atoms with van der Waals surface area (Å²) in [6.07, 6.45) is 0.148. The molecule has 0 bridgehead atoms. The molecule has 0 heterocycles. The predicted molar refractivity (Wildman–Crippen MR) is 51.5 cm³/mol. The van der Waals surface area contributed by atoms with Crippen LogP contribution in [0.3, 0.4) is 0 Å². The molecule has 0 saturated carbocycles. The number of nitrogens with zero attached hydrogens (tertiary/aromatic N) is 1. The highest BCUT2D eigenvalue weighted by molar-refractivity contribution is 5.96. The van der Waals surface area contributed by atoms with Gasteiger partial charge in [-0.25, -0.2) is 4.79 Å². The third-order valence-corrected chi connectivity index (χ3v) is 1.84. The Kier molecular flexibility index (Phi) is 3.08. The molecule has 72 valence electrons. The lowest BCUT2D eigenvalue weighted by molar-refractivity contribution is 0.0601. The van der Waals surface area contributed by atoms with E-state index in [1.807, 2.05) is 6.07 Å². The van der Waals surface area contributed by atoms with Crippen molar-refractivity contribution in [1.29, 1.82) is 5.26 Å². The van der Waals surface area contributed by atoms with Crippen molar-refractivity contribution in [1.82, 2.24) is 0 Å². The van der Waals surface area contributed by atoms with Gasteiger partial charge in [0, 0.05) is 5.69 Å². The average Bonchev–Trinajstić information content (AvgIpc) is 2.18. The number of esters is 1. The summed E-state index contributed by atoms with van der Waals surface area (Å²) in [5.74, 6) is -0.506. The van der Waals surface area contributed by atoms with Gasteiger partial charge in [0.15, 0.2) is 0 Å². The van der Waals surface area contributed by atoms with Crippen molar-refractivity contribution in [2.24, 2.45) is 0 Å². The first-order valence-corrected chi connectivity index (χ1v) is 4.03. The highest BCUT2D eigenvalue weighted by Crippen LogP contribution is 2.18. The van der Waals surface area contributed by atoms with Crippen LogP contribution >= 0.6 is 0 Å². The summed E-state index contributed by atoms with van der Waals surface area (Å²) in [5.41, 5.74) is 6.84. The number of carbonyl (C=O) groups excluding carboxylic acids is 1. The number of nitriles is 1. The highest BCUT2D eigenvalue weighted by atomic mass is 16.5. The summed E-state index contributed by atoms with van der Waals surface area (Å²) >= 11 is 0. The van der Waals surface area contributed by atoms with Gasteiger partial charge < -0.3 is 10.5 Å². The van der Waals surface area contributed by atoms with Crippen LogP contribution in [0.2, 0.25) is 0 Å². The summed E-state index contributed by atoms with van der Waals surface area (Å²) in [6.45, 7) is 0. The van der Waals surface area contributed by atoms with Crippen LogP contribution in [0.1, 0.15) is 15.9 Å². The maximum absolute atomic E-state index is 11.3. The number of nitrogens with two attached hydrogens (primary N) is 1. The first-order valence-electron chi connectivity index (χ1n) is 4.03. The standard InChI is InChI=1S/C10H10N2O2/c1-14-10(13)9-7(5-6-11)3-2-4-8(9)12/h2-4H,5,12H2,1H3. The fourth-order valence-corrected chi connectivity index (χ4v) is 1.20. The van der Waals surface area contributed by atoms with Crippen LogP contribution in [0.5, 0.6) is 0 Å².